The molecule has 0 unspecified atom stereocenters. The second kappa shape index (κ2) is 9.72. The second-order valence-electron chi connectivity index (χ2n) is 10.3. The highest BCUT2D eigenvalue weighted by Crippen LogP contribution is 2.44. The fourth-order valence-electron chi connectivity index (χ4n) is 5.29. The monoisotopic (exact) mass is 478 g/mol. The van der Waals surface area contributed by atoms with Crippen LogP contribution in [0.15, 0.2) is 48.5 Å². The van der Waals surface area contributed by atoms with Crippen LogP contribution in [-0.4, -0.2) is 40.8 Å². The average molecular weight is 479 g/mol. The highest BCUT2D eigenvalue weighted by Gasteiger charge is 2.45. The summed E-state index contributed by atoms with van der Waals surface area (Å²) in [4.78, 5) is 37.9. The quantitative estimate of drug-likeness (QED) is 0.528. The van der Waals surface area contributed by atoms with Crippen LogP contribution in [-0.2, 0) is 14.3 Å². The van der Waals surface area contributed by atoms with E-state index < -0.39 is 29.0 Å². The summed E-state index contributed by atoms with van der Waals surface area (Å²) >= 11 is 0. The standard InChI is InChI=1S/C28H34N2O5/c1-4-18-13-15-28(16-14-18,25(32)33)29-24(31)27(2,3)30-26(34)35-17-23-21-11-7-5-9-19(21)20-10-6-8-12-22(20)23/h5-12,18,23H,4,13-17H2,1-3H3,(H,29,31)(H,30,34)(H,32,33). The number of carboxylic acids is 1. The van der Waals surface area contributed by atoms with Crippen molar-refractivity contribution in [1.29, 1.82) is 0 Å². The molecule has 0 aliphatic heterocycles. The summed E-state index contributed by atoms with van der Waals surface area (Å²) in [7, 11) is 0. The van der Waals surface area contributed by atoms with E-state index in [1.54, 1.807) is 13.8 Å². The lowest BCUT2D eigenvalue weighted by Gasteiger charge is -2.39. The Morgan fingerprint density at radius 2 is 1.54 bits per heavy atom. The Kier molecular flexibility index (Phi) is 6.88. The van der Waals surface area contributed by atoms with Crippen LogP contribution >= 0.6 is 0 Å². The van der Waals surface area contributed by atoms with Crippen LogP contribution in [0.1, 0.15) is 69.9 Å². The molecule has 1 saturated carbocycles. The maximum atomic E-state index is 13.1. The molecular weight excluding hydrogens is 444 g/mol. The van der Waals surface area contributed by atoms with Crippen molar-refractivity contribution in [3.8, 4) is 11.1 Å². The molecule has 7 nitrogen and oxygen atoms in total. The third-order valence-electron chi connectivity index (χ3n) is 7.62. The topological polar surface area (TPSA) is 105 Å². The number of hydrogen-bond acceptors (Lipinski definition) is 4. The van der Waals surface area contributed by atoms with Gasteiger partial charge in [-0.05, 0) is 67.7 Å². The van der Waals surface area contributed by atoms with E-state index in [-0.39, 0.29) is 12.5 Å². The van der Waals surface area contributed by atoms with Gasteiger partial charge in [-0.3, -0.25) is 4.79 Å². The van der Waals surface area contributed by atoms with E-state index in [9.17, 15) is 19.5 Å². The normalized spacial score (nSPS) is 21.5. The van der Waals surface area contributed by atoms with Gasteiger partial charge in [0.2, 0.25) is 5.91 Å². The van der Waals surface area contributed by atoms with Crippen LogP contribution in [0.5, 0.6) is 0 Å². The van der Waals surface area contributed by atoms with E-state index in [0.717, 1.165) is 41.5 Å². The van der Waals surface area contributed by atoms with Crippen LogP contribution in [0.4, 0.5) is 4.79 Å². The van der Waals surface area contributed by atoms with Gasteiger partial charge in [-0.15, -0.1) is 0 Å². The average Bonchev–Trinajstić information content (AvgIpc) is 3.16. The summed E-state index contributed by atoms with van der Waals surface area (Å²) in [6, 6.07) is 16.1. The van der Waals surface area contributed by atoms with E-state index in [1.165, 1.54) is 0 Å². The zero-order chi connectivity index (χ0) is 25.2. The van der Waals surface area contributed by atoms with Gasteiger partial charge in [0.25, 0.3) is 0 Å². The van der Waals surface area contributed by atoms with Gasteiger partial charge in [-0.25, -0.2) is 9.59 Å². The molecular formula is C28H34N2O5. The number of carbonyl (C=O) groups is 3. The van der Waals surface area contributed by atoms with Gasteiger partial charge in [0.1, 0.15) is 17.7 Å². The number of benzene rings is 2. The molecule has 186 valence electrons. The number of carbonyl (C=O) groups excluding carboxylic acids is 2. The third kappa shape index (κ3) is 4.90. The largest absolute Gasteiger partial charge is 0.480 e. The molecule has 2 aliphatic carbocycles. The minimum Gasteiger partial charge on any atom is -0.480 e. The summed E-state index contributed by atoms with van der Waals surface area (Å²) in [5.41, 5.74) is 1.83. The summed E-state index contributed by atoms with van der Waals surface area (Å²) in [6.07, 6.45) is 2.55. The summed E-state index contributed by atoms with van der Waals surface area (Å²) in [5, 5.41) is 15.2. The summed E-state index contributed by atoms with van der Waals surface area (Å²) in [6.45, 7) is 5.33. The maximum Gasteiger partial charge on any atom is 0.408 e. The molecule has 0 spiro atoms. The Morgan fingerprint density at radius 3 is 2.06 bits per heavy atom. The number of fused-ring (bicyclic) bond motifs is 3. The molecule has 0 radical (unpaired) electrons. The van der Waals surface area contributed by atoms with Gasteiger partial charge in [-0.2, -0.15) is 0 Å². The van der Waals surface area contributed by atoms with Gasteiger partial charge < -0.3 is 20.5 Å². The van der Waals surface area contributed by atoms with E-state index in [4.69, 9.17) is 4.74 Å². The smallest absolute Gasteiger partial charge is 0.408 e. The number of aliphatic carboxylic acids is 1. The molecule has 3 N–H and O–H groups in total. The Bertz CT molecular complexity index is 1070. The first-order chi connectivity index (χ1) is 16.7. The zero-order valence-corrected chi connectivity index (χ0v) is 20.6. The molecule has 0 bridgehead atoms. The molecule has 2 aromatic rings. The number of amides is 2. The van der Waals surface area contributed by atoms with Crippen LogP contribution < -0.4 is 10.6 Å². The van der Waals surface area contributed by atoms with Crippen LogP contribution in [0.2, 0.25) is 0 Å². The lowest BCUT2D eigenvalue weighted by atomic mass is 9.75. The predicted octanol–water partition coefficient (Wildman–Crippen LogP) is 4.84. The second-order valence-corrected chi connectivity index (χ2v) is 10.3. The van der Waals surface area contributed by atoms with Gasteiger partial charge >= 0.3 is 12.1 Å². The summed E-state index contributed by atoms with van der Waals surface area (Å²) in [5.74, 6) is -1.18. The van der Waals surface area contributed by atoms with E-state index in [2.05, 4.69) is 29.7 Å². The van der Waals surface area contributed by atoms with Gasteiger partial charge in [0, 0.05) is 5.92 Å². The first kappa shape index (κ1) is 24.8. The first-order valence-electron chi connectivity index (χ1n) is 12.4. The highest BCUT2D eigenvalue weighted by atomic mass is 16.5. The minimum atomic E-state index is -1.34. The Hall–Kier alpha value is -3.35. The molecule has 35 heavy (non-hydrogen) atoms. The molecule has 1 fully saturated rings. The molecule has 4 rings (SSSR count). The van der Waals surface area contributed by atoms with Gasteiger partial charge in [0.05, 0.1) is 0 Å². The van der Waals surface area contributed by atoms with Gasteiger partial charge in [-0.1, -0.05) is 61.9 Å². The molecule has 7 heteroatoms. The van der Waals surface area contributed by atoms with Crippen molar-refractivity contribution >= 4 is 18.0 Å². The van der Waals surface area contributed by atoms with Crippen molar-refractivity contribution in [3.63, 3.8) is 0 Å². The van der Waals surface area contributed by atoms with Crippen LogP contribution in [0, 0.1) is 5.92 Å². The molecule has 0 saturated heterocycles. The Balaban J connectivity index is 1.39. The SMILES string of the molecule is CCC1CCC(NC(=O)C(C)(C)NC(=O)OCC2c3ccccc3-c3ccccc32)(C(=O)O)CC1. The Morgan fingerprint density at radius 1 is 1.00 bits per heavy atom. The van der Waals surface area contributed by atoms with E-state index in [1.807, 2.05) is 36.4 Å². The van der Waals surface area contributed by atoms with E-state index in [0.29, 0.717) is 18.8 Å². The number of hydrogen-bond donors (Lipinski definition) is 3. The van der Waals surface area contributed by atoms with Crippen molar-refractivity contribution in [1.82, 2.24) is 10.6 Å². The fraction of sp³-hybridized carbons (Fsp3) is 0.464. The zero-order valence-electron chi connectivity index (χ0n) is 20.6. The molecule has 0 atom stereocenters. The lowest BCUT2D eigenvalue weighted by Crippen LogP contribution is -2.64. The van der Waals surface area contributed by atoms with Crippen molar-refractivity contribution in [2.75, 3.05) is 6.61 Å². The number of rotatable bonds is 7. The maximum absolute atomic E-state index is 13.1. The lowest BCUT2D eigenvalue weighted by molar-refractivity contribution is -0.150. The van der Waals surface area contributed by atoms with Crippen LogP contribution in [0.3, 0.4) is 0 Å². The number of carboxylic acid groups (broad SMARTS) is 1. The molecule has 2 aliphatic rings. The molecule has 0 heterocycles. The van der Waals surface area contributed by atoms with Crippen molar-refractivity contribution < 1.29 is 24.2 Å². The predicted molar refractivity (Wildman–Crippen MR) is 133 cm³/mol. The molecule has 0 aromatic heterocycles. The molecule has 2 amide bonds. The Labute approximate surface area is 206 Å². The van der Waals surface area contributed by atoms with Crippen molar-refractivity contribution in [2.45, 2.75) is 69.9 Å². The first-order valence-corrected chi connectivity index (χ1v) is 12.4. The minimum absolute atomic E-state index is 0.0888. The number of ether oxygens (including phenoxy) is 1. The number of nitrogens with one attached hydrogen (secondary N) is 2. The van der Waals surface area contributed by atoms with Gasteiger partial charge in [0.15, 0.2) is 0 Å². The highest BCUT2D eigenvalue weighted by molar-refractivity contribution is 5.93. The summed E-state index contributed by atoms with van der Waals surface area (Å²) < 4.78 is 5.57. The van der Waals surface area contributed by atoms with Crippen molar-refractivity contribution in [3.05, 3.63) is 59.7 Å². The van der Waals surface area contributed by atoms with Crippen molar-refractivity contribution in [2.24, 2.45) is 5.92 Å². The molecule has 2 aromatic carbocycles. The fourth-order valence-corrected chi connectivity index (χ4v) is 5.29. The third-order valence-corrected chi connectivity index (χ3v) is 7.62. The number of alkyl carbamates (subject to hydrolysis) is 1. The van der Waals surface area contributed by atoms with E-state index >= 15 is 0 Å². The van der Waals surface area contributed by atoms with Crippen LogP contribution in [0.25, 0.3) is 11.1 Å².